The molecule has 0 spiro atoms. The molecule has 36 heavy (non-hydrogen) atoms. The van der Waals surface area contributed by atoms with Gasteiger partial charge in [-0.1, -0.05) is 46.8 Å². The number of hydrogen-bond donors (Lipinski definition) is 1. The van der Waals surface area contributed by atoms with E-state index in [0.717, 1.165) is 29.7 Å². The largest absolute Gasteiger partial charge is 0.493 e. The van der Waals surface area contributed by atoms with Crippen LogP contribution in [0.4, 0.5) is 4.79 Å². The molecule has 0 unspecified atom stereocenters. The van der Waals surface area contributed by atoms with Crippen molar-refractivity contribution >= 4 is 12.1 Å². The fourth-order valence-corrected chi connectivity index (χ4v) is 3.92. The third-order valence-electron chi connectivity index (χ3n) is 5.85. The predicted octanol–water partition coefficient (Wildman–Crippen LogP) is 6.06. The average Bonchev–Trinajstić information content (AvgIpc) is 2.73. The molecule has 0 aromatic heterocycles. The standard InChI is InChI=1S/C29H49NO6/c1-11-34-26(31)24(30-27(32)36-29(7,8)9)19-22(20(2)3)17-21-13-14-23(28(4,5)6)25(18-21)35-16-12-15-33-10/h13-14,18,20,22,24H,11-12,15-17,19H2,1-10H3,(H,30,32)/t22-,24-/m0/s1. The highest BCUT2D eigenvalue weighted by atomic mass is 16.6. The van der Waals surface area contributed by atoms with Crippen molar-refractivity contribution < 1.29 is 28.5 Å². The summed E-state index contributed by atoms with van der Waals surface area (Å²) in [6.45, 7) is 19.4. The zero-order valence-electron chi connectivity index (χ0n) is 24.2. The van der Waals surface area contributed by atoms with E-state index in [4.69, 9.17) is 18.9 Å². The van der Waals surface area contributed by atoms with Crippen molar-refractivity contribution in [1.29, 1.82) is 0 Å². The minimum atomic E-state index is -0.786. The van der Waals surface area contributed by atoms with Crippen molar-refractivity contribution in [1.82, 2.24) is 5.32 Å². The van der Waals surface area contributed by atoms with Crippen LogP contribution < -0.4 is 10.1 Å². The molecule has 0 aliphatic heterocycles. The van der Waals surface area contributed by atoms with Gasteiger partial charge in [0.1, 0.15) is 17.4 Å². The Morgan fingerprint density at radius 1 is 1.03 bits per heavy atom. The van der Waals surface area contributed by atoms with E-state index in [2.05, 4.69) is 58.1 Å². The third kappa shape index (κ3) is 11.6. The van der Waals surface area contributed by atoms with Crippen molar-refractivity contribution in [2.24, 2.45) is 11.8 Å². The number of nitrogens with one attached hydrogen (secondary N) is 1. The molecule has 1 rings (SSSR count). The Hall–Kier alpha value is -2.28. The van der Waals surface area contributed by atoms with E-state index < -0.39 is 23.7 Å². The number of alkyl carbamates (subject to hydrolysis) is 1. The molecule has 0 bridgehead atoms. The van der Waals surface area contributed by atoms with E-state index in [1.165, 1.54) is 0 Å². The first kappa shape index (κ1) is 31.7. The first-order chi connectivity index (χ1) is 16.7. The Morgan fingerprint density at radius 2 is 1.69 bits per heavy atom. The lowest BCUT2D eigenvalue weighted by Gasteiger charge is -2.28. The van der Waals surface area contributed by atoms with E-state index in [-0.39, 0.29) is 23.9 Å². The van der Waals surface area contributed by atoms with Gasteiger partial charge in [-0.15, -0.1) is 0 Å². The highest BCUT2D eigenvalue weighted by Crippen LogP contribution is 2.34. The van der Waals surface area contributed by atoms with Crippen molar-refractivity contribution in [3.05, 3.63) is 29.3 Å². The maximum Gasteiger partial charge on any atom is 0.408 e. The summed E-state index contributed by atoms with van der Waals surface area (Å²) in [6, 6.07) is 5.60. The molecule has 1 amide bonds. The van der Waals surface area contributed by atoms with Crippen LogP contribution in [0.15, 0.2) is 18.2 Å². The van der Waals surface area contributed by atoms with Crippen LogP contribution in [0.1, 0.15) is 86.3 Å². The predicted molar refractivity (Wildman–Crippen MR) is 144 cm³/mol. The molecular formula is C29H49NO6. The van der Waals surface area contributed by atoms with Crippen LogP contribution in [0.3, 0.4) is 0 Å². The molecule has 2 atom stereocenters. The van der Waals surface area contributed by atoms with Gasteiger partial charge in [0, 0.05) is 20.1 Å². The van der Waals surface area contributed by atoms with E-state index in [0.29, 0.717) is 19.6 Å². The second-order valence-corrected chi connectivity index (χ2v) is 11.7. The van der Waals surface area contributed by atoms with Crippen LogP contribution in [0.2, 0.25) is 0 Å². The normalized spacial score (nSPS) is 13.8. The van der Waals surface area contributed by atoms with E-state index >= 15 is 0 Å². The van der Waals surface area contributed by atoms with Crippen LogP contribution in [-0.4, -0.2) is 50.6 Å². The SMILES string of the molecule is CCOC(=O)[C@H](C[C@H](Cc1ccc(C(C)(C)C)c(OCCCOC)c1)C(C)C)NC(=O)OC(C)(C)C. The summed E-state index contributed by atoms with van der Waals surface area (Å²) in [6.07, 6.45) is 1.38. The fraction of sp³-hybridized carbons (Fsp3) is 0.724. The van der Waals surface area contributed by atoms with Crippen LogP contribution in [0.5, 0.6) is 5.75 Å². The maximum absolute atomic E-state index is 12.7. The molecular weight excluding hydrogens is 458 g/mol. The van der Waals surface area contributed by atoms with Gasteiger partial charge in [0.05, 0.1) is 13.2 Å². The molecule has 0 aliphatic rings. The Labute approximate surface area is 218 Å². The molecule has 1 N–H and O–H groups in total. The summed E-state index contributed by atoms with van der Waals surface area (Å²) in [4.78, 5) is 25.2. The van der Waals surface area contributed by atoms with Crippen LogP contribution in [0, 0.1) is 11.8 Å². The number of ether oxygens (including phenoxy) is 4. The second kappa shape index (κ2) is 14.5. The molecule has 206 valence electrons. The molecule has 0 saturated carbocycles. The number of methoxy groups -OCH3 is 1. The fourth-order valence-electron chi connectivity index (χ4n) is 3.92. The van der Waals surface area contributed by atoms with Crippen molar-refractivity contribution in [2.45, 2.75) is 98.6 Å². The van der Waals surface area contributed by atoms with Gasteiger partial charge in [-0.25, -0.2) is 9.59 Å². The summed E-state index contributed by atoms with van der Waals surface area (Å²) in [5.41, 5.74) is 1.57. The van der Waals surface area contributed by atoms with E-state index in [1.807, 2.05) is 0 Å². The summed E-state index contributed by atoms with van der Waals surface area (Å²) < 4.78 is 22.0. The van der Waals surface area contributed by atoms with Gasteiger partial charge in [0.2, 0.25) is 0 Å². The third-order valence-corrected chi connectivity index (χ3v) is 5.85. The molecule has 0 radical (unpaired) electrons. The smallest absolute Gasteiger partial charge is 0.408 e. The lowest BCUT2D eigenvalue weighted by atomic mass is 9.82. The molecule has 0 heterocycles. The van der Waals surface area contributed by atoms with Gasteiger partial charge in [0.25, 0.3) is 0 Å². The number of carbonyl (C=O) groups excluding carboxylic acids is 2. The minimum Gasteiger partial charge on any atom is -0.493 e. The lowest BCUT2D eigenvalue weighted by molar-refractivity contribution is -0.146. The summed E-state index contributed by atoms with van der Waals surface area (Å²) in [7, 11) is 1.69. The molecule has 0 aliphatic carbocycles. The van der Waals surface area contributed by atoms with Crippen LogP contribution in [0.25, 0.3) is 0 Å². The van der Waals surface area contributed by atoms with Gasteiger partial charge in [-0.2, -0.15) is 0 Å². The summed E-state index contributed by atoms with van der Waals surface area (Å²) >= 11 is 0. The summed E-state index contributed by atoms with van der Waals surface area (Å²) in [5.74, 6) is 0.832. The number of amides is 1. The van der Waals surface area contributed by atoms with Crippen molar-refractivity contribution in [3.8, 4) is 5.75 Å². The molecule has 7 nitrogen and oxygen atoms in total. The highest BCUT2D eigenvalue weighted by Gasteiger charge is 2.30. The highest BCUT2D eigenvalue weighted by molar-refractivity contribution is 5.81. The van der Waals surface area contributed by atoms with Gasteiger partial charge in [-0.05, 0) is 75.0 Å². The second-order valence-electron chi connectivity index (χ2n) is 11.7. The lowest BCUT2D eigenvalue weighted by Crippen LogP contribution is -2.45. The molecule has 0 saturated heterocycles. The zero-order valence-corrected chi connectivity index (χ0v) is 24.2. The Bertz CT molecular complexity index is 822. The molecule has 1 aromatic rings. The number of benzene rings is 1. The minimum absolute atomic E-state index is 0.0566. The van der Waals surface area contributed by atoms with Gasteiger partial charge < -0.3 is 24.3 Å². The van der Waals surface area contributed by atoms with Crippen LogP contribution >= 0.6 is 0 Å². The molecule has 7 heteroatoms. The van der Waals surface area contributed by atoms with Crippen LogP contribution in [-0.2, 0) is 30.8 Å². The first-order valence-corrected chi connectivity index (χ1v) is 13.1. The monoisotopic (exact) mass is 507 g/mol. The topological polar surface area (TPSA) is 83.1 Å². The quantitative estimate of drug-likeness (QED) is 0.258. The van der Waals surface area contributed by atoms with Crippen molar-refractivity contribution in [2.75, 3.05) is 26.9 Å². The zero-order chi connectivity index (χ0) is 27.5. The summed E-state index contributed by atoms with van der Waals surface area (Å²) in [5, 5.41) is 2.74. The maximum atomic E-state index is 12.7. The number of hydrogen-bond acceptors (Lipinski definition) is 6. The average molecular weight is 508 g/mol. The van der Waals surface area contributed by atoms with E-state index in [1.54, 1.807) is 34.8 Å². The number of esters is 1. The first-order valence-electron chi connectivity index (χ1n) is 13.1. The number of carbonyl (C=O) groups is 2. The van der Waals surface area contributed by atoms with Gasteiger partial charge in [-0.3, -0.25) is 0 Å². The molecule has 1 aromatic carbocycles. The Balaban J connectivity index is 3.13. The number of rotatable bonds is 13. The van der Waals surface area contributed by atoms with E-state index in [9.17, 15) is 9.59 Å². The van der Waals surface area contributed by atoms with Gasteiger partial charge in [0.15, 0.2) is 0 Å². The Morgan fingerprint density at radius 3 is 2.22 bits per heavy atom. The Kier molecular flexibility index (Phi) is 12.8. The molecule has 0 fully saturated rings. The van der Waals surface area contributed by atoms with Crippen molar-refractivity contribution in [3.63, 3.8) is 0 Å². The van der Waals surface area contributed by atoms with Gasteiger partial charge >= 0.3 is 12.1 Å².